The second-order valence-electron chi connectivity index (χ2n) is 4.06. The number of benzene rings is 2. The van der Waals surface area contributed by atoms with E-state index in [4.69, 9.17) is 0 Å². The van der Waals surface area contributed by atoms with Crippen molar-refractivity contribution in [2.45, 2.75) is 12.5 Å². The maximum atomic E-state index is 12.7. The Kier molecular flexibility index (Phi) is 3.85. The van der Waals surface area contributed by atoms with Gasteiger partial charge in [0.15, 0.2) is 5.78 Å². The van der Waals surface area contributed by atoms with E-state index in [1.165, 1.54) is 24.3 Å². The maximum absolute atomic E-state index is 12.7. The van der Waals surface area contributed by atoms with Crippen LogP contribution < -0.4 is 0 Å². The molecule has 0 aromatic heterocycles. The van der Waals surface area contributed by atoms with Crippen LogP contribution in [0.15, 0.2) is 54.6 Å². The molecule has 1 unspecified atom stereocenters. The van der Waals surface area contributed by atoms with Crippen LogP contribution in [0.25, 0.3) is 0 Å². The van der Waals surface area contributed by atoms with Crippen molar-refractivity contribution in [3.05, 3.63) is 71.5 Å². The van der Waals surface area contributed by atoms with Crippen LogP contribution in [0.2, 0.25) is 0 Å². The van der Waals surface area contributed by atoms with Crippen molar-refractivity contribution in [2.24, 2.45) is 0 Å². The van der Waals surface area contributed by atoms with Gasteiger partial charge in [-0.3, -0.25) is 4.79 Å². The van der Waals surface area contributed by atoms with Gasteiger partial charge in [0.2, 0.25) is 0 Å². The summed E-state index contributed by atoms with van der Waals surface area (Å²) in [6, 6.07) is 14.3. The lowest BCUT2D eigenvalue weighted by Crippen LogP contribution is -2.07. The molecule has 2 aromatic carbocycles. The SMILES string of the molecule is O=C(CC(O)c1ccccc1)c1ccc(F)cc1. The molecule has 0 aliphatic heterocycles. The third-order valence-electron chi connectivity index (χ3n) is 2.73. The number of Topliss-reactive ketones (excluding diaryl/α,β-unsaturated/α-hetero) is 1. The summed E-state index contributed by atoms with van der Waals surface area (Å²) in [5.74, 6) is -0.582. The second kappa shape index (κ2) is 5.56. The van der Waals surface area contributed by atoms with Gasteiger partial charge in [-0.1, -0.05) is 30.3 Å². The quantitative estimate of drug-likeness (QED) is 0.839. The van der Waals surface area contributed by atoms with Gasteiger partial charge in [-0.15, -0.1) is 0 Å². The van der Waals surface area contributed by atoms with Gasteiger partial charge in [-0.25, -0.2) is 4.39 Å². The summed E-state index contributed by atoms with van der Waals surface area (Å²) in [4.78, 5) is 11.9. The Morgan fingerprint density at radius 1 is 1.06 bits per heavy atom. The first kappa shape index (κ1) is 12.5. The van der Waals surface area contributed by atoms with E-state index in [1.54, 1.807) is 24.3 Å². The lowest BCUT2D eigenvalue weighted by Gasteiger charge is -2.09. The van der Waals surface area contributed by atoms with Crippen LogP contribution in [0.3, 0.4) is 0 Å². The van der Waals surface area contributed by atoms with Gasteiger partial charge in [-0.05, 0) is 29.8 Å². The summed E-state index contributed by atoms with van der Waals surface area (Å²) in [6.07, 6.45) is -0.834. The van der Waals surface area contributed by atoms with Crippen molar-refractivity contribution in [3.63, 3.8) is 0 Å². The van der Waals surface area contributed by atoms with Crippen LogP contribution in [0, 0.1) is 5.82 Å². The summed E-state index contributed by atoms with van der Waals surface area (Å²) >= 11 is 0. The lowest BCUT2D eigenvalue weighted by molar-refractivity contribution is 0.0880. The van der Waals surface area contributed by atoms with Gasteiger partial charge in [-0.2, -0.15) is 0 Å². The van der Waals surface area contributed by atoms with Crippen molar-refractivity contribution in [3.8, 4) is 0 Å². The first-order valence-electron chi connectivity index (χ1n) is 5.68. The van der Waals surface area contributed by atoms with Crippen molar-refractivity contribution in [1.82, 2.24) is 0 Å². The number of carbonyl (C=O) groups excluding carboxylic acids is 1. The van der Waals surface area contributed by atoms with Crippen molar-refractivity contribution in [1.29, 1.82) is 0 Å². The third-order valence-corrected chi connectivity index (χ3v) is 2.73. The zero-order valence-corrected chi connectivity index (χ0v) is 9.71. The minimum atomic E-state index is -0.830. The Hall–Kier alpha value is -2.00. The number of aliphatic hydroxyl groups is 1. The molecule has 0 fully saturated rings. The van der Waals surface area contributed by atoms with Crippen molar-refractivity contribution < 1.29 is 14.3 Å². The average molecular weight is 244 g/mol. The molecule has 3 heteroatoms. The first-order valence-corrected chi connectivity index (χ1v) is 5.68. The molecule has 0 aliphatic carbocycles. The molecule has 1 N–H and O–H groups in total. The third kappa shape index (κ3) is 3.02. The highest BCUT2D eigenvalue weighted by atomic mass is 19.1. The van der Waals surface area contributed by atoms with E-state index in [2.05, 4.69) is 0 Å². The summed E-state index contributed by atoms with van der Waals surface area (Å²) < 4.78 is 12.7. The molecule has 0 heterocycles. The Bertz CT molecular complexity index is 520. The molecule has 0 saturated heterocycles. The maximum Gasteiger partial charge on any atom is 0.165 e. The number of ketones is 1. The minimum absolute atomic E-state index is 0.00432. The highest BCUT2D eigenvalue weighted by molar-refractivity contribution is 5.96. The minimum Gasteiger partial charge on any atom is -0.388 e. The molecular formula is C15H13FO2. The molecule has 0 bridgehead atoms. The Labute approximate surface area is 105 Å². The van der Waals surface area contributed by atoms with Crippen molar-refractivity contribution in [2.75, 3.05) is 0 Å². The van der Waals surface area contributed by atoms with Crippen molar-refractivity contribution >= 4 is 5.78 Å². The molecule has 92 valence electrons. The molecule has 0 spiro atoms. The number of carbonyl (C=O) groups is 1. The number of rotatable bonds is 4. The van der Waals surface area contributed by atoms with Crippen LogP contribution in [-0.2, 0) is 0 Å². The molecule has 2 rings (SSSR count). The van der Waals surface area contributed by atoms with Crippen LogP contribution >= 0.6 is 0 Å². The molecule has 2 nitrogen and oxygen atoms in total. The normalized spacial score (nSPS) is 12.1. The van der Waals surface area contributed by atoms with E-state index in [0.717, 1.165) is 0 Å². The largest absolute Gasteiger partial charge is 0.388 e. The van der Waals surface area contributed by atoms with Crippen LogP contribution in [0.5, 0.6) is 0 Å². The zero-order valence-electron chi connectivity index (χ0n) is 9.71. The van der Waals surface area contributed by atoms with Gasteiger partial charge in [0.05, 0.1) is 6.10 Å². The monoisotopic (exact) mass is 244 g/mol. The van der Waals surface area contributed by atoms with Gasteiger partial charge in [0.1, 0.15) is 5.82 Å². The predicted molar refractivity (Wildman–Crippen MR) is 66.7 cm³/mol. The molecule has 2 aromatic rings. The summed E-state index contributed by atoms with van der Waals surface area (Å²) in [5.41, 5.74) is 1.11. The lowest BCUT2D eigenvalue weighted by atomic mass is 10.0. The molecule has 0 saturated carbocycles. The standard InChI is InChI=1S/C15H13FO2/c16-13-8-6-12(7-9-13)15(18)10-14(17)11-4-2-1-3-5-11/h1-9,14,17H,10H2. The fourth-order valence-electron chi connectivity index (χ4n) is 1.72. The zero-order chi connectivity index (χ0) is 13.0. The molecule has 0 radical (unpaired) electrons. The van der Waals surface area contributed by atoms with Crippen LogP contribution in [0.1, 0.15) is 28.4 Å². The highest BCUT2D eigenvalue weighted by Crippen LogP contribution is 2.18. The average Bonchev–Trinajstić information content (AvgIpc) is 2.40. The molecule has 0 aliphatic rings. The Morgan fingerprint density at radius 3 is 2.28 bits per heavy atom. The number of aliphatic hydroxyl groups excluding tert-OH is 1. The van der Waals surface area contributed by atoms with E-state index in [9.17, 15) is 14.3 Å². The topological polar surface area (TPSA) is 37.3 Å². The Balaban J connectivity index is 2.06. The number of hydrogen-bond acceptors (Lipinski definition) is 2. The summed E-state index contributed by atoms with van der Waals surface area (Å²) in [5, 5.41) is 9.91. The second-order valence-corrected chi connectivity index (χ2v) is 4.06. The van der Waals surface area contributed by atoms with Crippen LogP contribution in [0.4, 0.5) is 4.39 Å². The fourth-order valence-corrected chi connectivity index (χ4v) is 1.72. The first-order chi connectivity index (χ1) is 8.66. The molecule has 0 amide bonds. The van der Waals surface area contributed by atoms with Crippen LogP contribution in [-0.4, -0.2) is 10.9 Å². The van der Waals surface area contributed by atoms with E-state index >= 15 is 0 Å². The van der Waals surface area contributed by atoms with E-state index in [-0.39, 0.29) is 18.0 Å². The fraction of sp³-hybridized carbons (Fsp3) is 0.133. The van der Waals surface area contributed by atoms with Gasteiger partial charge in [0.25, 0.3) is 0 Å². The number of hydrogen-bond donors (Lipinski definition) is 1. The predicted octanol–water partition coefficient (Wildman–Crippen LogP) is 3.13. The van der Waals surface area contributed by atoms with E-state index in [0.29, 0.717) is 11.1 Å². The number of halogens is 1. The molecular weight excluding hydrogens is 231 g/mol. The Morgan fingerprint density at radius 2 is 1.67 bits per heavy atom. The highest BCUT2D eigenvalue weighted by Gasteiger charge is 2.14. The molecule has 18 heavy (non-hydrogen) atoms. The molecule has 1 atom stereocenters. The summed E-state index contributed by atoms with van der Waals surface area (Å²) in [7, 11) is 0. The summed E-state index contributed by atoms with van der Waals surface area (Å²) in [6.45, 7) is 0. The van der Waals surface area contributed by atoms with Gasteiger partial charge >= 0.3 is 0 Å². The smallest absolute Gasteiger partial charge is 0.165 e. The van der Waals surface area contributed by atoms with E-state index < -0.39 is 6.10 Å². The van der Waals surface area contributed by atoms with E-state index in [1.807, 2.05) is 6.07 Å². The van der Waals surface area contributed by atoms with Gasteiger partial charge in [0, 0.05) is 12.0 Å². The van der Waals surface area contributed by atoms with Gasteiger partial charge < -0.3 is 5.11 Å².